The highest BCUT2D eigenvalue weighted by Gasteiger charge is 2.49. The summed E-state index contributed by atoms with van der Waals surface area (Å²) in [5.74, 6) is -0.524. The van der Waals surface area contributed by atoms with Crippen molar-refractivity contribution in [1.29, 1.82) is 0 Å². The van der Waals surface area contributed by atoms with E-state index in [0.29, 0.717) is 5.16 Å². The number of hydrogen-bond donors (Lipinski definition) is 1. The summed E-state index contributed by atoms with van der Waals surface area (Å²) in [6.45, 7) is 3.67. The van der Waals surface area contributed by atoms with Crippen molar-refractivity contribution in [2.45, 2.75) is 36.6 Å². The number of carbonyl (C=O) groups is 1. The van der Waals surface area contributed by atoms with E-state index < -0.39 is 10.7 Å². The molecule has 86 valence electrons. The molecule has 0 aliphatic heterocycles. The van der Waals surface area contributed by atoms with Gasteiger partial charge in [-0.2, -0.15) is 0 Å². The van der Waals surface area contributed by atoms with Crippen molar-refractivity contribution in [1.82, 2.24) is 9.97 Å². The molecule has 5 heteroatoms. The zero-order valence-electron chi connectivity index (χ0n) is 9.30. The van der Waals surface area contributed by atoms with Gasteiger partial charge in [0.15, 0.2) is 5.16 Å². The van der Waals surface area contributed by atoms with E-state index in [1.54, 1.807) is 19.3 Å². The maximum Gasteiger partial charge on any atom is 0.320 e. The fourth-order valence-corrected chi connectivity index (χ4v) is 2.64. The fourth-order valence-electron chi connectivity index (χ4n) is 1.56. The summed E-state index contributed by atoms with van der Waals surface area (Å²) in [5.41, 5.74) is 0.979. The van der Waals surface area contributed by atoms with Crippen LogP contribution in [0.4, 0.5) is 0 Å². The van der Waals surface area contributed by atoms with Gasteiger partial charge in [-0.1, -0.05) is 11.8 Å². The van der Waals surface area contributed by atoms with Crippen molar-refractivity contribution in [2.75, 3.05) is 0 Å². The Morgan fingerprint density at radius 3 is 2.50 bits per heavy atom. The lowest BCUT2D eigenvalue weighted by molar-refractivity contribution is -0.140. The molecule has 0 saturated heterocycles. The van der Waals surface area contributed by atoms with Crippen LogP contribution in [-0.4, -0.2) is 25.8 Å². The van der Waals surface area contributed by atoms with Gasteiger partial charge in [0.2, 0.25) is 0 Å². The fraction of sp³-hybridized carbons (Fsp3) is 0.545. The minimum absolute atomic E-state index is 0.250. The molecule has 0 spiro atoms. The summed E-state index contributed by atoms with van der Waals surface area (Å²) >= 11 is 1.26. The zero-order chi connectivity index (χ0) is 11.8. The third kappa shape index (κ3) is 2.19. The van der Waals surface area contributed by atoms with Crippen LogP contribution in [0.15, 0.2) is 17.6 Å². The van der Waals surface area contributed by atoms with Gasteiger partial charge in [-0.05, 0) is 38.2 Å². The largest absolute Gasteiger partial charge is 0.480 e. The third-order valence-electron chi connectivity index (χ3n) is 2.84. The highest BCUT2D eigenvalue weighted by atomic mass is 32.2. The van der Waals surface area contributed by atoms with Crippen molar-refractivity contribution in [2.24, 2.45) is 5.92 Å². The van der Waals surface area contributed by atoms with E-state index in [0.717, 1.165) is 18.4 Å². The Bertz CT molecular complexity index is 403. The van der Waals surface area contributed by atoms with Crippen LogP contribution in [0, 0.1) is 12.8 Å². The Kier molecular flexibility index (Phi) is 2.88. The quantitative estimate of drug-likeness (QED) is 0.643. The van der Waals surface area contributed by atoms with Crippen LogP contribution in [-0.2, 0) is 4.79 Å². The Morgan fingerprint density at radius 1 is 1.50 bits per heavy atom. The summed E-state index contributed by atoms with van der Waals surface area (Å²) in [4.78, 5) is 19.6. The highest BCUT2D eigenvalue weighted by Crippen LogP contribution is 2.49. The number of carboxylic acid groups (broad SMARTS) is 1. The van der Waals surface area contributed by atoms with E-state index in [2.05, 4.69) is 9.97 Å². The molecular weight excluding hydrogens is 224 g/mol. The standard InChI is InChI=1S/C11H14N2O2S/c1-7-5-12-10(13-6-7)16-11(2,9(14)15)8-3-4-8/h5-6,8H,3-4H2,1-2H3,(H,14,15). The lowest BCUT2D eigenvalue weighted by Gasteiger charge is -2.22. The first-order valence-corrected chi connectivity index (χ1v) is 6.05. The van der Waals surface area contributed by atoms with Gasteiger partial charge in [-0.3, -0.25) is 4.79 Å². The minimum atomic E-state index is -0.782. The molecule has 1 unspecified atom stereocenters. The molecule has 1 aliphatic carbocycles. The average Bonchev–Trinajstić information content (AvgIpc) is 3.04. The van der Waals surface area contributed by atoms with Crippen LogP contribution < -0.4 is 0 Å². The van der Waals surface area contributed by atoms with Gasteiger partial charge in [0.1, 0.15) is 4.75 Å². The molecule has 1 atom stereocenters. The molecule has 1 N–H and O–H groups in total. The normalized spacial score (nSPS) is 19.1. The Balaban J connectivity index is 2.17. The van der Waals surface area contributed by atoms with Crippen LogP contribution in [0.3, 0.4) is 0 Å². The SMILES string of the molecule is Cc1cnc(SC(C)(C(=O)O)C2CC2)nc1. The predicted octanol–water partition coefficient (Wildman–Crippen LogP) is 2.13. The number of carboxylic acids is 1. The molecule has 1 fully saturated rings. The molecule has 2 rings (SSSR count). The van der Waals surface area contributed by atoms with Crippen molar-refractivity contribution < 1.29 is 9.90 Å². The third-order valence-corrected chi connectivity index (χ3v) is 4.17. The second-order valence-electron chi connectivity index (χ2n) is 4.33. The molecule has 4 nitrogen and oxygen atoms in total. The summed E-state index contributed by atoms with van der Waals surface area (Å²) in [5, 5.41) is 9.83. The molecule has 0 amide bonds. The maximum atomic E-state index is 11.3. The van der Waals surface area contributed by atoms with E-state index in [9.17, 15) is 9.90 Å². The topological polar surface area (TPSA) is 63.1 Å². The number of rotatable bonds is 4. The maximum absolute atomic E-state index is 11.3. The highest BCUT2D eigenvalue weighted by molar-refractivity contribution is 8.01. The number of aliphatic carboxylic acids is 1. The number of thioether (sulfide) groups is 1. The van der Waals surface area contributed by atoms with Crippen LogP contribution in [0.2, 0.25) is 0 Å². The molecule has 1 aliphatic rings. The first kappa shape index (κ1) is 11.4. The predicted molar refractivity (Wildman–Crippen MR) is 61.4 cm³/mol. The lowest BCUT2D eigenvalue weighted by atomic mass is 10.1. The molecule has 16 heavy (non-hydrogen) atoms. The van der Waals surface area contributed by atoms with E-state index in [-0.39, 0.29) is 5.92 Å². The number of aromatic nitrogens is 2. The van der Waals surface area contributed by atoms with Crippen LogP contribution in [0.5, 0.6) is 0 Å². The van der Waals surface area contributed by atoms with Gasteiger partial charge in [-0.15, -0.1) is 0 Å². The Labute approximate surface area is 98.5 Å². The molecule has 1 aromatic rings. The van der Waals surface area contributed by atoms with Crippen LogP contribution >= 0.6 is 11.8 Å². The number of nitrogens with zero attached hydrogens (tertiary/aromatic N) is 2. The number of hydrogen-bond acceptors (Lipinski definition) is 4. The van der Waals surface area contributed by atoms with Crippen molar-refractivity contribution in [3.8, 4) is 0 Å². The van der Waals surface area contributed by atoms with Gasteiger partial charge in [0, 0.05) is 12.4 Å². The average molecular weight is 238 g/mol. The summed E-state index contributed by atoms with van der Waals surface area (Å²) in [6.07, 6.45) is 5.40. The van der Waals surface area contributed by atoms with Gasteiger partial charge in [0.05, 0.1) is 0 Å². The smallest absolute Gasteiger partial charge is 0.320 e. The van der Waals surface area contributed by atoms with E-state index in [1.807, 2.05) is 6.92 Å². The van der Waals surface area contributed by atoms with Crippen LogP contribution in [0.1, 0.15) is 25.3 Å². The van der Waals surface area contributed by atoms with Crippen molar-refractivity contribution in [3.05, 3.63) is 18.0 Å². The van der Waals surface area contributed by atoms with E-state index >= 15 is 0 Å². The lowest BCUT2D eigenvalue weighted by Crippen LogP contribution is -2.34. The molecule has 0 aromatic carbocycles. The van der Waals surface area contributed by atoms with Crippen LogP contribution in [0.25, 0.3) is 0 Å². The van der Waals surface area contributed by atoms with Gasteiger partial charge >= 0.3 is 5.97 Å². The zero-order valence-corrected chi connectivity index (χ0v) is 10.1. The molecule has 1 saturated carbocycles. The second kappa shape index (κ2) is 4.05. The molecule has 1 heterocycles. The van der Waals surface area contributed by atoms with Crippen molar-refractivity contribution >= 4 is 17.7 Å². The molecule has 1 aromatic heterocycles. The first-order valence-electron chi connectivity index (χ1n) is 5.23. The molecule has 0 bridgehead atoms. The Morgan fingerprint density at radius 2 is 2.06 bits per heavy atom. The van der Waals surface area contributed by atoms with E-state index in [4.69, 9.17) is 0 Å². The molecule has 0 radical (unpaired) electrons. The van der Waals surface area contributed by atoms with Gasteiger partial charge in [0.25, 0.3) is 0 Å². The summed E-state index contributed by atoms with van der Waals surface area (Å²) in [7, 11) is 0. The monoisotopic (exact) mass is 238 g/mol. The van der Waals surface area contributed by atoms with Crippen molar-refractivity contribution in [3.63, 3.8) is 0 Å². The van der Waals surface area contributed by atoms with Gasteiger partial charge < -0.3 is 5.11 Å². The van der Waals surface area contributed by atoms with E-state index in [1.165, 1.54) is 11.8 Å². The Hall–Kier alpha value is -1.10. The first-order chi connectivity index (χ1) is 7.52. The summed E-state index contributed by atoms with van der Waals surface area (Å²) < 4.78 is -0.782. The second-order valence-corrected chi connectivity index (χ2v) is 5.75. The summed E-state index contributed by atoms with van der Waals surface area (Å²) in [6, 6.07) is 0. The number of aryl methyl sites for hydroxylation is 1. The minimum Gasteiger partial charge on any atom is -0.480 e. The van der Waals surface area contributed by atoms with Gasteiger partial charge in [-0.25, -0.2) is 9.97 Å². The molecular formula is C11H14N2O2S.